The maximum atomic E-state index is 9.89. The number of hydrogen-bond acceptors (Lipinski definition) is 4. The van der Waals surface area contributed by atoms with Gasteiger partial charge in [-0.2, -0.15) is 0 Å². The molecule has 2 aromatic rings. The van der Waals surface area contributed by atoms with Crippen LogP contribution in [0.3, 0.4) is 0 Å². The van der Waals surface area contributed by atoms with Crippen LogP contribution < -0.4 is 4.90 Å². The number of hydrogen-bond donors (Lipinski definition) is 1. The minimum Gasteiger partial charge on any atom is -0.378 e. The Morgan fingerprint density at radius 2 is 2.00 bits per heavy atom. The van der Waals surface area contributed by atoms with Crippen LogP contribution in [-0.2, 0) is 0 Å². The number of aliphatic hydroxyl groups is 1. The van der Waals surface area contributed by atoms with E-state index in [1.165, 1.54) is 15.8 Å². The van der Waals surface area contributed by atoms with Crippen LogP contribution in [0.5, 0.6) is 0 Å². The van der Waals surface area contributed by atoms with Gasteiger partial charge in [0.2, 0.25) is 0 Å². The second-order valence-electron chi connectivity index (χ2n) is 5.02. The Bertz CT molecular complexity index is 546. The molecule has 19 heavy (non-hydrogen) atoms. The molecule has 1 aromatic heterocycles. The van der Waals surface area contributed by atoms with E-state index in [2.05, 4.69) is 39.4 Å². The fraction of sp³-hybridized carbons (Fsp3) is 0.467. The molecule has 4 heteroatoms. The van der Waals surface area contributed by atoms with E-state index in [9.17, 15) is 5.11 Å². The Labute approximate surface area is 118 Å². The minimum atomic E-state index is -0.279. The fourth-order valence-corrected chi connectivity index (χ4v) is 3.58. The van der Waals surface area contributed by atoms with Crippen molar-refractivity contribution in [2.45, 2.75) is 19.6 Å². The molecule has 0 amide bonds. The van der Waals surface area contributed by atoms with E-state index in [1.807, 2.05) is 6.92 Å². The molecule has 0 spiro atoms. The average Bonchev–Trinajstić information content (AvgIpc) is 2.95. The monoisotopic (exact) mass is 276 g/mol. The Hall–Kier alpha value is -1.10. The first kappa shape index (κ1) is 12.9. The van der Waals surface area contributed by atoms with Gasteiger partial charge in [0.05, 0.1) is 0 Å². The molecule has 3 rings (SSSR count). The Morgan fingerprint density at radius 3 is 2.74 bits per heavy atom. The van der Waals surface area contributed by atoms with Gasteiger partial charge in [-0.3, -0.25) is 4.90 Å². The lowest BCUT2D eigenvalue weighted by Gasteiger charge is -2.38. The summed E-state index contributed by atoms with van der Waals surface area (Å²) in [6.07, 6.45) is 0.527. The molecule has 1 unspecified atom stereocenters. The highest BCUT2D eigenvalue weighted by Gasteiger charge is 2.22. The molecule has 1 aliphatic heterocycles. The van der Waals surface area contributed by atoms with Crippen molar-refractivity contribution in [1.82, 2.24) is 4.90 Å². The second-order valence-corrected chi connectivity index (χ2v) is 5.97. The highest BCUT2D eigenvalue weighted by atomic mass is 32.1. The molecular weight excluding hydrogens is 256 g/mol. The van der Waals surface area contributed by atoms with Crippen molar-refractivity contribution in [2.24, 2.45) is 0 Å². The second kappa shape index (κ2) is 5.49. The van der Waals surface area contributed by atoms with E-state index in [4.69, 9.17) is 0 Å². The van der Waals surface area contributed by atoms with Crippen LogP contribution >= 0.6 is 11.3 Å². The highest BCUT2D eigenvalue weighted by Crippen LogP contribution is 2.31. The average molecular weight is 276 g/mol. The van der Waals surface area contributed by atoms with Crippen LogP contribution in [0.15, 0.2) is 29.6 Å². The summed E-state index contributed by atoms with van der Waals surface area (Å²) in [5.74, 6) is 0. The summed E-state index contributed by atoms with van der Waals surface area (Å²) in [6.45, 7) is 5.90. The summed E-state index contributed by atoms with van der Waals surface area (Å²) in [6, 6.07) is 8.74. The van der Waals surface area contributed by atoms with Crippen molar-refractivity contribution in [3.63, 3.8) is 0 Å². The number of anilines is 1. The van der Waals surface area contributed by atoms with E-state index in [0.29, 0.717) is 0 Å². The molecule has 1 atom stereocenters. The smallest absolute Gasteiger partial charge is 0.107 e. The van der Waals surface area contributed by atoms with Gasteiger partial charge in [0, 0.05) is 42.0 Å². The lowest BCUT2D eigenvalue weighted by Crippen LogP contribution is -2.50. The van der Waals surface area contributed by atoms with Crippen LogP contribution in [0.25, 0.3) is 10.1 Å². The zero-order valence-corrected chi connectivity index (χ0v) is 12.1. The zero-order valence-electron chi connectivity index (χ0n) is 11.2. The first-order valence-electron chi connectivity index (χ1n) is 6.93. The molecule has 2 heterocycles. The molecule has 0 aliphatic carbocycles. The summed E-state index contributed by atoms with van der Waals surface area (Å²) in [4.78, 5) is 4.61. The van der Waals surface area contributed by atoms with Crippen molar-refractivity contribution < 1.29 is 5.11 Å². The van der Waals surface area contributed by atoms with Crippen molar-refractivity contribution in [1.29, 1.82) is 0 Å². The normalized spacial score (nSPS) is 18.9. The molecule has 1 fully saturated rings. The Morgan fingerprint density at radius 1 is 1.21 bits per heavy atom. The third kappa shape index (κ3) is 2.48. The lowest BCUT2D eigenvalue weighted by atomic mass is 10.2. The maximum Gasteiger partial charge on any atom is 0.107 e. The molecule has 102 valence electrons. The molecule has 0 saturated carbocycles. The summed E-state index contributed by atoms with van der Waals surface area (Å²) >= 11 is 1.80. The van der Waals surface area contributed by atoms with Crippen LogP contribution in [0, 0.1) is 0 Å². The van der Waals surface area contributed by atoms with Gasteiger partial charge in [-0.1, -0.05) is 13.0 Å². The topological polar surface area (TPSA) is 26.7 Å². The van der Waals surface area contributed by atoms with Gasteiger partial charge in [0.1, 0.15) is 6.23 Å². The third-order valence-electron chi connectivity index (χ3n) is 3.91. The summed E-state index contributed by atoms with van der Waals surface area (Å²) in [5, 5.41) is 13.4. The molecule has 0 radical (unpaired) electrons. The number of benzene rings is 1. The van der Waals surface area contributed by atoms with Crippen molar-refractivity contribution in [3.05, 3.63) is 29.6 Å². The highest BCUT2D eigenvalue weighted by molar-refractivity contribution is 7.17. The molecule has 1 N–H and O–H groups in total. The number of aliphatic hydroxyl groups excluding tert-OH is 1. The largest absolute Gasteiger partial charge is 0.378 e. The molecule has 3 nitrogen and oxygen atoms in total. The predicted octanol–water partition coefficient (Wildman–Crippen LogP) is 2.75. The molecule has 1 aliphatic rings. The quantitative estimate of drug-likeness (QED) is 0.934. The van der Waals surface area contributed by atoms with E-state index < -0.39 is 0 Å². The van der Waals surface area contributed by atoms with Gasteiger partial charge in [0.25, 0.3) is 0 Å². The van der Waals surface area contributed by atoms with E-state index in [0.717, 1.165) is 32.6 Å². The summed E-state index contributed by atoms with van der Waals surface area (Å²) in [7, 11) is 0. The lowest BCUT2D eigenvalue weighted by molar-refractivity contribution is -0.00188. The molecule has 1 aromatic carbocycles. The minimum absolute atomic E-state index is 0.279. The van der Waals surface area contributed by atoms with Crippen molar-refractivity contribution >= 4 is 27.1 Å². The maximum absolute atomic E-state index is 9.89. The first-order chi connectivity index (χ1) is 9.29. The number of piperazine rings is 1. The van der Waals surface area contributed by atoms with Crippen LogP contribution in [0.2, 0.25) is 0 Å². The van der Waals surface area contributed by atoms with Gasteiger partial charge >= 0.3 is 0 Å². The van der Waals surface area contributed by atoms with Crippen LogP contribution in [-0.4, -0.2) is 42.4 Å². The first-order valence-corrected chi connectivity index (χ1v) is 7.81. The SMILES string of the molecule is CCC(O)N1CCN(c2cccc3sccc23)CC1. The van der Waals surface area contributed by atoms with E-state index >= 15 is 0 Å². The molecule has 0 bridgehead atoms. The van der Waals surface area contributed by atoms with E-state index in [-0.39, 0.29) is 6.23 Å². The van der Waals surface area contributed by atoms with Crippen molar-refractivity contribution in [2.75, 3.05) is 31.1 Å². The van der Waals surface area contributed by atoms with Gasteiger partial charge in [-0.15, -0.1) is 11.3 Å². The molecular formula is C15H20N2OS. The van der Waals surface area contributed by atoms with Crippen LogP contribution in [0.1, 0.15) is 13.3 Å². The predicted molar refractivity (Wildman–Crippen MR) is 81.9 cm³/mol. The third-order valence-corrected chi connectivity index (χ3v) is 4.80. The Balaban J connectivity index is 1.76. The van der Waals surface area contributed by atoms with Crippen molar-refractivity contribution in [3.8, 4) is 0 Å². The van der Waals surface area contributed by atoms with Gasteiger partial charge in [-0.05, 0) is 30.0 Å². The number of rotatable bonds is 3. The van der Waals surface area contributed by atoms with Crippen LogP contribution in [0.4, 0.5) is 5.69 Å². The fourth-order valence-electron chi connectivity index (χ4n) is 2.77. The van der Waals surface area contributed by atoms with Gasteiger partial charge in [-0.25, -0.2) is 0 Å². The number of thiophene rings is 1. The Kier molecular flexibility index (Phi) is 3.73. The van der Waals surface area contributed by atoms with Gasteiger partial charge < -0.3 is 10.0 Å². The summed E-state index contributed by atoms with van der Waals surface area (Å²) < 4.78 is 1.36. The zero-order chi connectivity index (χ0) is 13.2. The molecule has 1 saturated heterocycles. The van der Waals surface area contributed by atoms with Gasteiger partial charge in [0.15, 0.2) is 0 Å². The number of fused-ring (bicyclic) bond motifs is 1. The standard InChI is InChI=1S/C15H20N2OS/c1-2-15(18)17-9-7-16(8-10-17)13-4-3-5-14-12(13)6-11-19-14/h3-6,11,15,18H,2,7-10H2,1H3. The summed E-state index contributed by atoms with van der Waals surface area (Å²) in [5.41, 5.74) is 1.34. The van der Waals surface area contributed by atoms with E-state index in [1.54, 1.807) is 11.3 Å². The number of nitrogens with zero attached hydrogens (tertiary/aromatic N) is 2.